The van der Waals surface area contributed by atoms with Crippen molar-refractivity contribution >= 4 is 40.2 Å². The monoisotopic (exact) mass is 281 g/mol. The van der Waals surface area contributed by atoms with Gasteiger partial charge in [0.05, 0.1) is 16.4 Å². The van der Waals surface area contributed by atoms with Gasteiger partial charge in [0.15, 0.2) is 5.82 Å². The average Bonchev–Trinajstić information content (AvgIpc) is 2.35. The Balaban J connectivity index is 2.40. The molecule has 0 unspecified atom stereocenters. The highest BCUT2D eigenvalue weighted by Crippen LogP contribution is 2.26. The third-order valence-electron chi connectivity index (χ3n) is 2.26. The van der Waals surface area contributed by atoms with Crippen LogP contribution in [0.15, 0.2) is 36.5 Å². The summed E-state index contributed by atoms with van der Waals surface area (Å²) in [5.74, 6) is -0.531. The summed E-state index contributed by atoms with van der Waals surface area (Å²) in [7, 11) is 0. The van der Waals surface area contributed by atoms with Gasteiger partial charge in [-0.1, -0.05) is 29.9 Å². The van der Waals surface area contributed by atoms with Gasteiger partial charge in [-0.15, -0.1) is 0 Å². The van der Waals surface area contributed by atoms with Crippen LogP contribution in [-0.4, -0.2) is 9.97 Å². The molecule has 3 nitrogen and oxygen atoms in total. The largest absolute Gasteiger partial charge is 0.388 e. The highest BCUT2D eigenvalue weighted by molar-refractivity contribution is 7.80. The fourth-order valence-corrected chi connectivity index (χ4v) is 1.79. The van der Waals surface area contributed by atoms with E-state index in [1.807, 2.05) is 0 Å². The van der Waals surface area contributed by atoms with E-state index >= 15 is 0 Å². The average molecular weight is 282 g/mol. The summed E-state index contributed by atoms with van der Waals surface area (Å²) in [5, 5.41) is 2.92. The number of nitrogens with one attached hydrogen (secondary N) is 1. The number of nitrogens with zero attached hydrogens (tertiary/aromatic N) is 1. The molecule has 0 spiro atoms. The number of nitrogens with two attached hydrogens (primary N) is 1. The number of pyridine rings is 1. The SMILES string of the molecule is NC(=S)c1ncccc1Nc1cccc(Cl)c1F. The minimum absolute atomic E-state index is 0.0424. The van der Waals surface area contributed by atoms with Crippen molar-refractivity contribution in [3.05, 3.63) is 53.1 Å². The molecule has 1 aromatic heterocycles. The molecule has 0 saturated heterocycles. The summed E-state index contributed by atoms with van der Waals surface area (Å²) in [6, 6.07) is 8.09. The highest BCUT2D eigenvalue weighted by atomic mass is 35.5. The number of benzene rings is 1. The van der Waals surface area contributed by atoms with E-state index in [0.29, 0.717) is 11.4 Å². The molecule has 18 heavy (non-hydrogen) atoms. The van der Waals surface area contributed by atoms with Crippen molar-refractivity contribution in [2.24, 2.45) is 5.73 Å². The van der Waals surface area contributed by atoms with Crippen LogP contribution in [0.2, 0.25) is 5.02 Å². The fourth-order valence-electron chi connectivity index (χ4n) is 1.45. The molecule has 0 amide bonds. The third kappa shape index (κ3) is 2.57. The maximum atomic E-state index is 13.7. The number of thiocarbonyl (C=S) groups is 1. The third-order valence-corrected chi connectivity index (χ3v) is 2.75. The maximum Gasteiger partial charge on any atom is 0.165 e. The normalized spacial score (nSPS) is 10.1. The van der Waals surface area contributed by atoms with Gasteiger partial charge in [0.25, 0.3) is 0 Å². The van der Waals surface area contributed by atoms with Gasteiger partial charge in [0, 0.05) is 6.20 Å². The zero-order chi connectivity index (χ0) is 13.1. The summed E-state index contributed by atoms with van der Waals surface area (Å²) in [6.07, 6.45) is 1.56. The first-order valence-corrected chi connectivity index (χ1v) is 5.84. The number of hydrogen-bond donors (Lipinski definition) is 2. The first-order chi connectivity index (χ1) is 8.59. The summed E-state index contributed by atoms with van der Waals surface area (Å²) < 4.78 is 13.7. The van der Waals surface area contributed by atoms with Crippen LogP contribution < -0.4 is 11.1 Å². The zero-order valence-electron chi connectivity index (χ0n) is 9.15. The van der Waals surface area contributed by atoms with Crippen LogP contribution >= 0.6 is 23.8 Å². The van der Waals surface area contributed by atoms with E-state index in [1.54, 1.807) is 30.5 Å². The number of rotatable bonds is 3. The van der Waals surface area contributed by atoms with Gasteiger partial charge < -0.3 is 11.1 Å². The molecule has 0 fully saturated rings. The molecule has 1 aromatic carbocycles. The molecule has 0 bridgehead atoms. The first kappa shape index (κ1) is 12.7. The van der Waals surface area contributed by atoms with Gasteiger partial charge in [-0.3, -0.25) is 4.98 Å². The second-order valence-corrected chi connectivity index (χ2v) is 4.34. The molecule has 0 atom stereocenters. The molecule has 0 aliphatic carbocycles. The van der Waals surface area contributed by atoms with Crippen LogP contribution in [0, 0.1) is 5.82 Å². The molecular weight excluding hydrogens is 273 g/mol. The molecule has 2 aromatic rings. The lowest BCUT2D eigenvalue weighted by atomic mass is 10.2. The lowest BCUT2D eigenvalue weighted by Crippen LogP contribution is -2.14. The Kier molecular flexibility index (Phi) is 3.74. The maximum absolute atomic E-state index is 13.7. The van der Waals surface area contributed by atoms with Gasteiger partial charge >= 0.3 is 0 Å². The Bertz CT molecular complexity index is 604. The van der Waals surface area contributed by atoms with Crippen LogP contribution in [0.5, 0.6) is 0 Å². The number of halogens is 2. The number of hydrogen-bond acceptors (Lipinski definition) is 3. The van der Waals surface area contributed by atoms with Crippen molar-refractivity contribution < 1.29 is 4.39 Å². The van der Waals surface area contributed by atoms with Crippen LogP contribution in [-0.2, 0) is 0 Å². The van der Waals surface area contributed by atoms with E-state index in [9.17, 15) is 4.39 Å². The quantitative estimate of drug-likeness (QED) is 0.848. The smallest absolute Gasteiger partial charge is 0.165 e. The van der Waals surface area contributed by atoms with Crippen molar-refractivity contribution in [1.29, 1.82) is 0 Å². The number of aromatic nitrogens is 1. The zero-order valence-corrected chi connectivity index (χ0v) is 10.7. The second kappa shape index (κ2) is 5.29. The molecule has 6 heteroatoms. The minimum Gasteiger partial charge on any atom is -0.388 e. The summed E-state index contributed by atoms with van der Waals surface area (Å²) >= 11 is 10.6. The van der Waals surface area contributed by atoms with E-state index in [1.165, 1.54) is 6.07 Å². The standard InChI is InChI=1S/C12H9ClFN3S/c13-7-3-1-4-8(10(7)14)17-9-5-2-6-16-11(9)12(15)18/h1-6,17H,(H2,15,18). The topological polar surface area (TPSA) is 50.9 Å². The van der Waals surface area contributed by atoms with E-state index in [4.69, 9.17) is 29.6 Å². The fraction of sp³-hybridized carbons (Fsp3) is 0. The van der Waals surface area contributed by atoms with Crippen molar-refractivity contribution in [2.45, 2.75) is 0 Å². The molecule has 0 radical (unpaired) electrons. The van der Waals surface area contributed by atoms with E-state index in [-0.39, 0.29) is 15.7 Å². The van der Waals surface area contributed by atoms with Gasteiger partial charge in [-0.05, 0) is 24.3 Å². The molecule has 2 rings (SSSR count). The Morgan fingerprint density at radius 2 is 2.00 bits per heavy atom. The highest BCUT2D eigenvalue weighted by Gasteiger charge is 2.10. The van der Waals surface area contributed by atoms with Crippen molar-refractivity contribution in [1.82, 2.24) is 4.98 Å². The summed E-state index contributed by atoms with van der Waals surface area (Å²) in [6.45, 7) is 0. The van der Waals surface area contributed by atoms with Gasteiger partial charge in [0.1, 0.15) is 10.7 Å². The molecule has 0 aliphatic heterocycles. The predicted octanol–water partition coefficient (Wildman–Crippen LogP) is 3.25. The van der Waals surface area contributed by atoms with Crippen molar-refractivity contribution in [3.8, 4) is 0 Å². The van der Waals surface area contributed by atoms with E-state index in [0.717, 1.165) is 0 Å². The lowest BCUT2D eigenvalue weighted by molar-refractivity contribution is 0.632. The minimum atomic E-state index is -0.531. The Labute approximate surface area is 114 Å². The van der Waals surface area contributed by atoms with Crippen molar-refractivity contribution in [2.75, 3.05) is 5.32 Å². The van der Waals surface area contributed by atoms with E-state index < -0.39 is 5.82 Å². The number of anilines is 2. The molecule has 0 aliphatic rings. The van der Waals surface area contributed by atoms with Crippen LogP contribution in [0.25, 0.3) is 0 Å². The van der Waals surface area contributed by atoms with Gasteiger partial charge in [-0.2, -0.15) is 0 Å². The Morgan fingerprint density at radius 1 is 1.28 bits per heavy atom. The molecule has 92 valence electrons. The van der Waals surface area contributed by atoms with Crippen LogP contribution in [0.4, 0.5) is 15.8 Å². The summed E-state index contributed by atoms with van der Waals surface area (Å²) in [4.78, 5) is 4.18. The van der Waals surface area contributed by atoms with Gasteiger partial charge in [0.2, 0.25) is 0 Å². The second-order valence-electron chi connectivity index (χ2n) is 3.49. The van der Waals surface area contributed by atoms with Crippen LogP contribution in [0.3, 0.4) is 0 Å². The van der Waals surface area contributed by atoms with E-state index in [2.05, 4.69) is 10.3 Å². The van der Waals surface area contributed by atoms with Crippen molar-refractivity contribution in [3.63, 3.8) is 0 Å². The molecular formula is C12H9ClFN3S. The molecule has 0 saturated carbocycles. The lowest BCUT2D eigenvalue weighted by Gasteiger charge is -2.11. The Morgan fingerprint density at radius 3 is 2.72 bits per heavy atom. The molecule has 1 heterocycles. The molecule has 3 N–H and O–H groups in total. The van der Waals surface area contributed by atoms with Gasteiger partial charge in [-0.25, -0.2) is 4.39 Å². The van der Waals surface area contributed by atoms with Crippen LogP contribution in [0.1, 0.15) is 5.69 Å². The Hall–Kier alpha value is -1.72. The first-order valence-electron chi connectivity index (χ1n) is 5.05. The summed E-state index contributed by atoms with van der Waals surface area (Å²) in [5.41, 5.74) is 6.73. The predicted molar refractivity (Wildman–Crippen MR) is 74.8 cm³/mol.